The zero-order chi connectivity index (χ0) is 21.3. The Morgan fingerprint density at radius 2 is 1.97 bits per heavy atom. The molecule has 0 aliphatic carbocycles. The molecule has 4 rings (SSSR count). The standard InChI is InChI=1S/C21H21IN6O2/c1-27-11-15(10-25-27)14-8-18(19(23)24-9-14)20(29)26-17-6-7-28(12-17)21(30)13-2-4-16(22)5-3-13/h2-5,8-11,17H,6-7,12H2,1H3,(H2,23,24)(H,26,29)/t17-/m1/s1. The molecular weight excluding hydrogens is 495 g/mol. The van der Waals surface area contributed by atoms with Gasteiger partial charge in [0, 0.05) is 58.8 Å². The SMILES string of the molecule is Cn1cc(-c2cnc(N)c(C(=O)N[C@@H]3CCN(C(=O)c4ccc(I)cc4)C3)c2)cn1. The smallest absolute Gasteiger partial charge is 0.255 e. The molecule has 1 saturated heterocycles. The summed E-state index contributed by atoms with van der Waals surface area (Å²) in [7, 11) is 1.82. The van der Waals surface area contributed by atoms with Gasteiger partial charge < -0.3 is 16.0 Å². The minimum absolute atomic E-state index is 0.0251. The van der Waals surface area contributed by atoms with E-state index in [-0.39, 0.29) is 23.7 Å². The van der Waals surface area contributed by atoms with Crippen LogP contribution in [0.5, 0.6) is 0 Å². The number of amides is 2. The minimum Gasteiger partial charge on any atom is -0.383 e. The van der Waals surface area contributed by atoms with Crippen molar-refractivity contribution in [3.8, 4) is 11.1 Å². The van der Waals surface area contributed by atoms with E-state index in [1.54, 1.807) is 28.0 Å². The van der Waals surface area contributed by atoms with Crippen LogP contribution >= 0.6 is 22.6 Å². The molecule has 1 fully saturated rings. The molecule has 0 unspecified atom stereocenters. The Bertz CT molecular complexity index is 1100. The lowest BCUT2D eigenvalue weighted by molar-refractivity contribution is 0.0783. The molecule has 3 aromatic rings. The predicted molar refractivity (Wildman–Crippen MR) is 122 cm³/mol. The Hall–Kier alpha value is -2.95. The van der Waals surface area contributed by atoms with Crippen molar-refractivity contribution in [1.29, 1.82) is 0 Å². The number of hydrogen-bond donors (Lipinski definition) is 2. The Morgan fingerprint density at radius 1 is 1.20 bits per heavy atom. The van der Waals surface area contributed by atoms with Crippen molar-refractivity contribution in [2.75, 3.05) is 18.8 Å². The third kappa shape index (κ3) is 4.30. The molecule has 8 nitrogen and oxygen atoms in total. The van der Waals surface area contributed by atoms with Crippen molar-refractivity contribution in [1.82, 2.24) is 25.0 Å². The van der Waals surface area contributed by atoms with E-state index >= 15 is 0 Å². The first-order valence-electron chi connectivity index (χ1n) is 9.51. The van der Waals surface area contributed by atoms with Gasteiger partial charge in [-0.05, 0) is 59.3 Å². The number of anilines is 1. The fraction of sp³-hybridized carbons (Fsp3) is 0.238. The highest BCUT2D eigenvalue weighted by atomic mass is 127. The van der Waals surface area contributed by atoms with Crippen molar-refractivity contribution in [3.63, 3.8) is 0 Å². The van der Waals surface area contributed by atoms with Gasteiger partial charge in [-0.15, -0.1) is 0 Å². The van der Waals surface area contributed by atoms with Crippen LogP contribution < -0.4 is 11.1 Å². The number of nitrogen functional groups attached to an aromatic ring is 1. The first-order valence-corrected chi connectivity index (χ1v) is 10.6. The van der Waals surface area contributed by atoms with Crippen molar-refractivity contribution < 1.29 is 9.59 Å². The molecule has 2 amide bonds. The van der Waals surface area contributed by atoms with E-state index in [9.17, 15) is 9.59 Å². The zero-order valence-electron chi connectivity index (χ0n) is 16.4. The van der Waals surface area contributed by atoms with Crippen molar-refractivity contribution in [2.24, 2.45) is 7.05 Å². The van der Waals surface area contributed by atoms with Crippen LogP contribution in [0.2, 0.25) is 0 Å². The summed E-state index contributed by atoms with van der Waals surface area (Å²) in [4.78, 5) is 31.5. The minimum atomic E-state index is -0.292. The Labute approximate surface area is 187 Å². The van der Waals surface area contributed by atoms with Gasteiger partial charge in [-0.2, -0.15) is 5.10 Å². The van der Waals surface area contributed by atoms with Gasteiger partial charge in [-0.25, -0.2) is 4.98 Å². The summed E-state index contributed by atoms with van der Waals surface area (Å²) < 4.78 is 2.76. The highest BCUT2D eigenvalue weighted by molar-refractivity contribution is 14.1. The third-order valence-corrected chi connectivity index (χ3v) is 5.82. The van der Waals surface area contributed by atoms with E-state index in [4.69, 9.17) is 5.73 Å². The maximum Gasteiger partial charge on any atom is 0.255 e. The second kappa shape index (κ2) is 8.42. The molecule has 1 aromatic carbocycles. The van der Waals surface area contributed by atoms with E-state index in [0.717, 1.165) is 14.7 Å². The van der Waals surface area contributed by atoms with Gasteiger partial charge in [0.05, 0.1) is 11.8 Å². The lowest BCUT2D eigenvalue weighted by Crippen LogP contribution is -2.38. The fourth-order valence-corrected chi connectivity index (χ4v) is 3.85. The molecular formula is C21H21IN6O2. The molecule has 0 spiro atoms. The number of aromatic nitrogens is 3. The molecule has 1 aliphatic heterocycles. The molecule has 0 radical (unpaired) electrons. The Balaban J connectivity index is 1.43. The zero-order valence-corrected chi connectivity index (χ0v) is 18.5. The largest absolute Gasteiger partial charge is 0.383 e. The maximum absolute atomic E-state index is 12.8. The quantitative estimate of drug-likeness (QED) is 0.518. The number of hydrogen-bond acceptors (Lipinski definition) is 5. The number of aryl methyl sites for hydroxylation is 1. The summed E-state index contributed by atoms with van der Waals surface area (Å²) >= 11 is 2.21. The lowest BCUT2D eigenvalue weighted by atomic mass is 10.1. The van der Waals surface area contributed by atoms with Crippen LogP contribution in [0.25, 0.3) is 11.1 Å². The van der Waals surface area contributed by atoms with Gasteiger partial charge in [0.15, 0.2) is 0 Å². The molecule has 3 heterocycles. The van der Waals surface area contributed by atoms with Crippen LogP contribution in [0, 0.1) is 3.57 Å². The molecule has 1 aliphatic rings. The van der Waals surface area contributed by atoms with Gasteiger partial charge in [0.2, 0.25) is 0 Å². The maximum atomic E-state index is 12.8. The number of carbonyl (C=O) groups is 2. The molecule has 1 atom stereocenters. The van der Waals surface area contributed by atoms with Crippen LogP contribution in [0.4, 0.5) is 5.82 Å². The summed E-state index contributed by atoms with van der Waals surface area (Å²) in [6, 6.07) is 9.06. The van der Waals surface area contributed by atoms with Crippen molar-refractivity contribution in [3.05, 3.63) is 63.6 Å². The van der Waals surface area contributed by atoms with Crippen LogP contribution in [-0.2, 0) is 7.05 Å². The van der Waals surface area contributed by atoms with Gasteiger partial charge in [0.1, 0.15) is 5.82 Å². The second-order valence-corrected chi connectivity index (χ2v) is 8.52. The third-order valence-electron chi connectivity index (χ3n) is 5.10. The van der Waals surface area contributed by atoms with E-state index in [2.05, 4.69) is 38.0 Å². The van der Waals surface area contributed by atoms with E-state index in [0.29, 0.717) is 30.6 Å². The molecule has 0 saturated carbocycles. The number of benzene rings is 1. The van der Waals surface area contributed by atoms with Crippen LogP contribution in [-0.4, -0.2) is 50.6 Å². The van der Waals surface area contributed by atoms with Crippen LogP contribution in [0.15, 0.2) is 48.9 Å². The number of pyridine rings is 1. The summed E-state index contributed by atoms with van der Waals surface area (Å²) in [5.74, 6) is -0.146. The van der Waals surface area contributed by atoms with Gasteiger partial charge in [-0.1, -0.05) is 0 Å². The lowest BCUT2D eigenvalue weighted by Gasteiger charge is -2.17. The Morgan fingerprint density at radius 3 is 2.67 bits per heavy atom. The summed E-state index contributed by atoms with van der Waals surface area (Å²) in [6.45, 7) is 1.06. The number of likely N-dealkylation sites (tertiary alicyclic amines) is 1. The molecule has 30 heavy (non-hydrogen) atoms. The van der Waals surface area contributed by atoms with Crippen LogP contribution in [0.1, 0.15) is 27.1 Å². The highest BCUT2D eigenvalue weighted by Gasteiger charge is 2.28. The van der Waals surface area contributed by atoms with Crippen molar-refractivity contribution in [2.45, 2.75) is 12.5 Å². The van der Waals surface area contributed by atoms with Gasteiger partial charge in [-0.3, -0.25) is 14.3 Å². The molecule has 154 valence electrons. The number of nitrogens with two attached hydrogens (primary N) is 1. The average molecular weight is 516 g/mol. The van der Waals surface area contributed by atoms with Crippen molar-refractivity contribution >= 4 is 40.2 Å². The van der Waals surface area contributed by atoms with E-state index < -0.39 is 0 Å². The molecule has 0 bridgehead atoms. The molecule has 2 aromatic heterocycles. The summed E-state index contributed by atoms with van der Waals surface area (Å²) in [5, 5.41) is 7.14. The number of rotatable bonds is 4. The normalized spacial score (nSPS) is 15.9. The number of halogens is 1. The number of nitrogens with zero attached hydrogens (tertiary/aromatic N) is 4. The van der Waals surface area contributed by atoms with E-state index in [1.165, 1.54) is 0 Å². The first-order chi connectivity index (χ1) is 14.4. The average Bonchev–Trinajstić information content (AvgIpc) is 3.37. The van der Waals surface area contributed by atoms with Gasteiger partial charge >= 0.3 is 0 Å². The number of carbonyl (C=O) groups excluding carboxylic acids is 2. The Kier molecular flexibility index (Phi) is 5.71. The second-order valence-electron chi connectivity index (χ2n) is 7.28. The predicted octanol–water partition coefficient (Wildman–Crippen LogP) is 2.31. The highest BCUT2D eigenvalue weighted by Crippen LogP contribution is 2.22. The van der Waals surface area contributed by atoms with Crippen LogP contribution in [0.3, 0.4) is 0 Å². The fourth-order valence-electron chi connectivity index (χ4n) is 3.49. The topological polar surface area (TPSA) is 106 Å². The molecule has 3 N–H and O–H groups in total. The summed E-state index contributed by atoms with van der Waals surface area (Å²) in [6.07, 6.45) is 5.87. The summed E-state index contributed by atoms with van der Waals surface area (Å²) in [5.41, 5.74) is 8.55. The van der Waals surface area contributed by atoms with E-state index in [1.807, 2.05) is 37.5 Å². The first kappa shape index (κ1) is 20.3. The van der Waals surface area contributed by atoms with Gasteiger partial charge in [0.25, 0.3) is 11.8 Å². The monoisotopic (exact) mass is 516 g/mol. The molecule has 9 heteroatoms. The number of nitrogens with one attached hydrogen (secondary N) is 1.